The van der Waals surface area contributed by atoms with E-state index in [2.05, 4.69) is 4.98 Å². The number of carbonyl (C=O) groups excluding carboxylic acids is 1. The summed E-state index contributed by atoms with van der Waals surface area (Å²) in [5.74, 6) is 1.13. The van der Waals surface area contributed by atoms with Crippen LogP contribution < -0.4 is 15.2 Å². The summed E-state index contributed by atoms with van der Waals surface area (Å²) >= 11 is 0. The number of aromatic nitrogens is 1. The first-order valence-corrected chi connectivity index (χ1v) is 8.99. The van der Waals surface area contributed by atoms with Gasteiger partial charge in [0.1, 0.15) is 11.9 Å². The number of para-hydroxylation sites is 1. The Bertz CT molecular complexity index is 779. The van der Waals surface area contributed by atoms with E-state index in [1.807, 2.05) is 36.9 Å². The van der Waals surface area contributed by atoms with Crippen LogP contribution in [0.25, 0.3) is 0 Å². The van der Waals surface area contributed by atoms with Gasteiger partial charge in [-0.1, -0.05) is 12.1 Å². The number of nitrogens with zero attached hydrogens (tertiary/aromatic N) is 2. The zero-order valence-corrected chi connectivity index (χ0v) is 15.3. The fraction of sp³-hybridized carbons (Fsp3) is 0.400. The first-order chi connectivity index (χ1) is 12.6. The number of piperidine rings is 1. The van der Waals surface area contributed by atoms with Crippen LogP contribution in [0, 0.1) is 6.92 Å². The zero-order chi connectivity index (χ0) is 18.5. The topological polar surface area (TPSA) is 77.7 Å². The Kier molecular flexibility index (Phi) is 5.61. The summed E-state index contributed by atoms with van der Waals surface area (Å²) in [5.41, 5.74) is 8.00. The number of likely N-dealkylation sites (tertiary alicyclic amines) is 1. The molecule has 138 valence electrons. The first-order valence-electron chi connectivity index (χ1n) is 8.99. The third-order valence-electron chi connectivity index (χ3n) is 4.56. The number of carbonyl (C=O) groups is 1. The van der Waals surface area contributed by atoms with Gasteiger partial charge < -0.3 is 20.1 Å². The molecular weight excluding hydrogens is 330 g/mol. The Labute approximate surface area is 153 Å². The van der Waals surface area contributed by atoms with Crippen molar-refractivity contribution < 1.29 is 14.3 Å². The molecule has 0 aliphatic carbocycles. The third kappa shape index (κ3) is 3.90. The molecule has 2 aromatic rings. The highest BCUT2D eigenvalue weighted by molar-refractivity contribution is 5.97. The van der Waals surface area contributed by atoms with E-state index in [-0.39, 0.29) is 12.0 Å². The summed E-state index contributed by atoms with van der Waals surface area (Å²) in [6.45, 7) is 5.56. The molecule has 0 bridgehead atoms. The SMILES string of the molecule is CCOc1ccccc1C(=O)N1CCCC(Oc2nccc(N)c2C)C1. The maximum absolute atomic E-state index is 13.0. The van der Waals surface area contributed by atoms with Crippen LogP contribution in [-0.4, -0.2) is 41.6 Å². The average molecular weight is 355 g/mol. The molecule has 0 spiro atoms. The molecule has 3 rings (SSSR count). The van der Waals surface area contributed by atoms with Gasteiger partial charge in [-0.25, -0.2) is 4.98 Å². The van der Waals surface area contributed by atoms with Gasteiger partial charge in [-0.05, 0) is 44.9 Å². The van der Waals surface area contributed by atoms with Gasteiger partial charge in [0.05, 0.1) is 18.7 Å². The van der Waals surface area contributed by atoms with Crippen LogP contribution in [0.4, 0.5) is 5.69 Å². The van der Waals surface area contributed by atoms with E-state index >= 15 is 0 Å². The van der Waals surface area contributed by atoms with Crippen molar-refractivity contribution in [2.75, 3.05) is 25.4 Å². The summed E-state index contributed by atoms with van der Waals surface area (Å²) in [4.78, 5) is 19.1. The van der Waals surface area contributed by atoms with Crippen LogP contribution in [0.15, 0.2) is 36.5 Å². The van der Waals surface area contributed by atoms with E-state index < -0.39 is 0 Å². The monoisotopic (exact) mass is 355 g/mol. The van der Waals surface area contributed by atoms with Gasteiger partial charge in [-0.15, -0.1) is 0 Å². The first kappa shape index (κ1) is 18.0. The second-order valence-corrected chi connectivity index (χ2v) is 6.39. The molecule has 2 N–H and O–H groups in total. The van der Waals surface area contributed by atoms with Crippen molar-refractivity contribution in [3.8, 4) is 11.6 Å². The largest absolute Gasteiger partial charge is 0.493 e. The Morgan fingerprint density at radius 3 is 2.96 bits per heavy atom. The summed E-state index contributed by atoms with van der Waals surface area (Å²) in [5, 5.41) is 0. The number of amides is 1. The third-order valence-corrected chi connectivity index (χ3v) is 4.56. The maximum Gasteiger partial charge on any atom is 0.257 e. The molecule has 0 saturated carbocycles. The molecule has 6 heteroatoms. The van der Waals surface area contributed by atoms with Crippen LogP contribution in [0.3, 0.4) is 0 Å². The van der Waals surface area contributed by atoms with Crippen molar-refractivity contribution in [3.05, 3.63) is 47.7 Å². The van der Waals surface area contributed by atoms with Crippen LogP contribution in [0.5, 0.6) is 11.6 Å². The molecule has 2 heterocycles. The van der Waals surface area contributed by atoms with Crippen LogP contribution in [0.1, 0.15) is 35.7 Å². The molecule has 1 saturated heterocycles. The van der Waals surface area contributed by atoms with Crippen molar-refractivity contribution >= 4 is 11.6 Å². The predicted molar refractivity (Wildman–Crippen MR) is 101 cm³/mol. The summed E-state index contributed by atoms with van der Waals surface area (Å²) in [7, 11) is 0. The van der Waals surface area contributed by atoms with Crippen molar-refractivity contribution in [1.29, 1.82) is 0 Å². The Morgan fingerprint density at radius 2 is 2.15 bits per heavy atom. The molecule has 1 aromatic heterocycles. The van der Waals surface area contributed by atoms with Crippen molar-refractivity contribution in [3.63, 3.8) is 0 Å². The number of hydrogen-bond acceptors (Lipinski definition) is 5. The molecule has 1 aliphatic heterocycles. The quantitative estimate of drug-likeness (QED) is 0.892. The number of pyridine rings is 1. The van der Waals surface area contributed by atoms with E-state index in [4.69, 9.17) is 15.2 Å². The Balaban J connectivity index is 1.72. The molecule has 1 aliphatic rings. The van der Waals surface area contributed by atoms with Gasteiger partial charge in [0.2, 0.25) is 5.88 Å². The zero-order valence-electron chi connectivity index (χ0n) is 15.3. The molecule has 26 heavy (non-hydrogen) atoms. The average Bonchev–Trinajstić information content (AvgIpc) is 2.66. The molecule has 1 amide bonds. The number of ether oxygens (including phenoxy) is 2. The summed E-state index contributed by atoms with van der Waals surface area (Å²) in [6, 6.07) is 9.12. The number of benzene rings is 1. The van der Waals surface area contributed by atoms with Crippen molar-refractivity contribution in [1.82, 2.24) is 9.88 Å². The summed E-state index contributed by atoms with van der Waals surface area (Å²) in [6.07, 6.45) is 3.31. The predicted octanol–water partition coefficient (Wildman–Crippen LogP) is 3.05. The number of nitrogens with two attached hydrogens (primary N) is 1. The Morgan fingerprint density at radius 1 is 1.35 bits per heavy atom. The normalized spacial score (nSPS) is 17.0. The minimum Gasteiger partial charge on any atom is -0.493 e. The molecule has 1 atom stereocenters. The lowest BCUT2D eigenvalue weighted by atomic mass is 10.1. The highest BCUT2D eigenvalue weighted by Gasteiger charge is 2.27. The highest BCUT2D eigenvalue weighted by Crippen LogP contribution is 2.25. The van der Waals surface area contributed by atoms with Crippen LogP contribution >= 0.6 is 0 Å². The molecular formula is C20H25N3O3. The van der Waals surface area contributed by atoms with E-state index in [0.717, 1.165) is 18.4 Å². The fourth-order valence-electron chi connectivity index (χ4n) is 3.12. The second kappa shape index (κ2) is 8.08. The number of anilines is 1. The highest BCUT2D eigenvalue weighted by atomic mass is 16.5. The van der Waals surface area contributed by atoms with E-state index in [1.54, 1.807) is 18.3 Å². The van der Waals surface area contributed by atoms with Gasteiger partial charge >= 0.3 is 0 Å². The lowest BCUT2D eigenvalue weighted by molar-refractivity contribution is 0.0523. The van der Waals surface area contributed by atoms with Crippen LogP contribution in [-0.2, 0) is 0 Å². The van der Waals surface area contributed by atoms with Gasteiger partial charge in [0.15, 0.2) is 0 Å². The number of hydrogen-bond donors (Lipinski definition) is 1. The number of rotatable bonds is 5. The van der Waals surface area contributed by atoms with Crippen molar-refractivity contribution in [2.45, 2.75) is 32.8 Å². The minimum atomic E-state index is -0.0973. The van der Waals surface area contributed by atoms with E-state index in [9.17, 15) is 4.79 Å². The van der Waals surface area contributed by atoms with Crippen molar-refractivity contribution in [2.24, 2.45) is 0 Å². The standard InChI is InChI=1S/C20H25N3O3/c1-3-25-18-9-5-4-8-16(18)20(24)23-12-6-7-15(13-23)26-19-14(2)17(21)10-11-22-19/h4-5,8-11,15H,3,6-7,12-13H2,1-2H3,(H2,21,22). The lowest BCUT2D eigenvalue weighted by Gasteiger charge is -2.33. The smallest absolute Gasteiger partial charge is 0.257 e. The van der Waals surface area contributed by atoms with Gasteiger partial charge in [-0.2, -0.15) is 0 Å². The molecule has 0 radical (unpaired) electrons. The van der Waals surface area contributed by atoms with Gasteiger partial charge in [0, 0.05) is 24.0 Å². The van der Waals surface area contributed by atoms with Crippen LogP contribution in [0.2, 0.25) is 0 Å². The Hall–Kier alpha value is -2.76. The fourth-order valence-corrected chi connectivity index (χ4v) is 3.12. The molecule has 1 unspecified atom stereocenters. The van der Waals surface area contributed by atoms with E-state index in [1.165, 1.54) is 0 Å². The number of nitrogen functional groups attached to an aromatic ring is 1. The summed E-state index contributed by atoms with van der Waals surface area (Å²) < 4.78 is 11.6. The minimum absolute atomic E-state index is 0.0281. The second-order valence-electron chi connectivity index (χ2n) is 6.39. The van der Waals surface area contributed by atoms with Gasteiger partial charge in [0.25, 0.3) is 5.91 Å². The van der Waals surface area contributed by atoms with Gasteiger partial charge in [-0.3, -0.25) is 4.79 Å². The molecule has 6 nitrogen and oxygen atoms in total. The maximum atomic E-state index is 13.0. The lowest BCUT2D eigenvalue weighted by Crippen LogP contribution is -2.44. The van der Waals surface area contributed by atoms with E-state index in [0.29, 0.717) is 42.6 Å². The molecule has 1 fully saturated rings. The molecule has 1 aromatic carbocycles.